The molecule has 1 heterocycles. The molecule has 0 spiro atoms. The van der Waals surface area contributed by atoms with E-state index < -0.39 is 0 Å². The standard InChI is InChI=1S/C31H41N/c1-10-16-31(11-2,12-3)24-13-14-27-22(18-24)15-17-32-28(27)23-19-25(29(4,5)6)21-26(20-23)30(7,8)9/h10,13-15,17-21H,1,11-12,16H2,2-9H3. The maximum atomic E-state index is 4.88. The van der Waals surface area contributed by atoms with E-state index in [1.165, 1.54) is 33.0 Å². The molecular weight excluding hydrogens is 386 g/mol. The molecule has 0 saturated carbocycles. The van der Waals surface area contributed by atoms with Crippen LogP contribution in [0.15, 0.2) is 61.3 Å². The van der Waals surface area contributed by atoms with Gasteiger partial charge in [-0.25, -0.2) is 0 Å². The van der Waals surface area contributed by atoms with Gasteiger partial charge in [0.15, 0.2) is 0 Å². The lowest BCUT2D eigenvalue weighted by molar-refractivity contribution is 0.401. The van der Waals surface area contributed by atoms with Gasteiger partial charge in [-0.1, -0.05) is 85.7 Å². The fraction of sp³-hybridized carbons (Fsp3) is 0.452. The fourth-order valence-electron chi connectivity index (χ4n) is 4.71. The molecule has 0 N–H and O–H groups in total. The number of allylic oxidation sites excluding steroid dienone is 1. The van der Waals surface area contributed by atoms with E-state index in [4.69, 9.17) is 4.98 Å². The van der Waals surface area contributed by atoms with Gasteiger partial charge < -0.3 is 0 Å². The molecule has 0 unspecified atom stereocenters. The SMILES string of the molecule is C=CCC(CC)(CC)c1ccc2c(-c3cc(C(C)(C)C)cc(C(C)(C)C)c3)nccc2c1. The number of nitrogens with zero attached hydrogens (tertiary/aromatic N) is 1. The largest absolute Gasteiger partial charge is 0.256 e. The van der Waals surface area contributed by atoms with E-state index in [-0.39, 0.29) is 16.2 Å². The van der Waals surface area contributed by atoms with E-state index in [1.807, 2.05) is 6.20 Å². The summed E-state index contributed by atoms with van der Waals surface area (Å²) in [6, 6.07) is 16.2. The fourth-order valence-corrected chi connectivity index (χ4v) is 4.71. The lowest BCUT2D eigenvalue weighted by Gasteiger charge is -2.31. The predicted molar refractivity (Wildman–Crippen MR) is 142 cm³/mol. The highest BCUT2D eigenvalue weighted by molar-refractivity contribution is 5.95. The van der Waals surface area contributed by atoms with Crippen LogP contribution in [0, 0.1) is 0 Å². The second-order valence-corrected chi connectivity index (χ2v) is 11.4. The van der Waals surface area contributed by atoms with Crippen LogP contribution in [-0.4, -0.2) is 4.98 Å². The number of rotatable bonds is 6. The Morgan fingerprint density at radius 3 is 1.88 bits per heavy atom. The molecule has 0 fully saturated rings. The molecule has 0 saturated heterocycles. The first-order chi connectivity index (χ1) is 14.9. The molecule has 2 aromatic carbocycles. The van der Waals surface area contributed by atoms with Gasteiger partial charge in [-0.3, -0.25) is 4.98 Å². The smallest absolute Gasteiger partial charge is 0.0780 e. The third kappa shape index (κ3) is 4.68. The molecular formula is C31H41N. The summed E-state index contributed by atoms with van der Waals surface area (Å²) in [5.41, 5.74) is 6.74. The molecule has 0 amide bonds. The van der Waals surface area contributed by atoms with Crippen molar-refractivity contribution >= 4 is 10.8 Å². The van der Waals surface area contributed by atoms with E-state index in [0.29, 0.717) is 0 Å². The van der Waals surface area contributed by atoms with Crippen molar-refractivity contribution in [3.63, 3.8) is 0 Å². The van der Waals surface area contributed by atoms with Gasteiger partial charge in [-0.2, -0.15) is 0 Å². The van der Waals surface area contributed by atoms with Crippen molar-refractivity contribution < 1.29 is 0 Å². The van der Waals surface area contributed by atoms with E-state index in [0.717, 1.165) is 25.0 Å². The maximum absolute atomic E-state index is 4.88. The summed E-state index contributed by atoms with van der Waals surface area (Å²) in [5.74, 6) is 0. The molecule has 1 aromatic heterocycles. The van der Waals surface area contributed by atoms with Crippen molar-refractivity contribution in [2.24, 2.45) is 0 Å². The Balaban J connectivity index is 2.24. The molecule has 0 aliphatic carbocycles. The minimum absolute atomic E-state index is 0.0836. The molecule has 1 heteroatoms. The number of pyridine rings is 1. The van der Waals surface area contributed by atoms with Crippen LogP contribution < -0.4 is 0 Å². The zero-order valence-electron chi connectivity index (χ0n) is 21.5. The van der Waals surface area contributed by atoms with Gasteiger partial charge in [0, 0.05) is 17.1 Å². The Hall–Kier alpha value is -2.41. The first kappa shape index (κ1) is 24.2. The Morgan fingerprint density at radius 1 is 0.781 bits per heavy atom. The van der Waals surface area contributed by atoms with Crippen LogP contribution in [0.2, 0.25) is 0 Å². The Kier molecular flexibility index (Phi) is 6.70. The number of fused-ring (bicyclic) bond motifs is 1. The molecule has 170 valence electrons. The summed E-state index contributed by atoms with van der Waals surface area (Å²) >= 11 is 0. The van der Waals surface area contributed by atoms with E-state index in [2.05, 4.69) is 111 Å². The van der Waals surface area contributed by atoms with Crippen molar-refractivity contribution in [2.45, 2.75) is 90.9 Å². The summed E-state index contributed by atoms with van der Waals surface area (Å²) in [7, 11) is 0. The third-order valence-corrected chi connectivity index (χ3v) is 7.20. The summed E-state index contributed by atoms with van der Waals surface area (Å²) in [5, 5.41) is 2.49. The van der Waals surface area contributed by atoms with Crippen molar-refractivity contribution in [1.82, 2.24) is 4.98 Å². The first-order valence-electron chi connectivity index (χ1n) is 12.1. The topological polar surface area (TPSA) is 12.9 Å². The quantitative estimate of drug-likeness (QED) is 0.357. The minimum Gasteiger partial charge on any atom is -0.256 e. The zero-order valence-corrected chi connectivity index (χ0v) is 21.5. The van der Waals surface area contributed by atoms with E-state index >= 15 is 0 Å². The summed E-state index contributed by atoms with van der Waals surface area (Å²) in [6.45, 7) is 22.3. The minimum atomic E-state index is 0.0836. The van der Waals surface area contributed by atoms with Gasteiger partial charge in [0.1, 0.15) is 0 Å². The normalized spacial score (nSPS) is 12.9. The Morgan fingerprint density at radius 2 is 1.38 bits per heavy atom. The Bertz CT molecular complexity index is 1070. The van der Waals surface area contributed by atoms with Crippen LogP contribution >= 0.6 is 0 Å². The number of aromatic nitrogens is 1. The van der Waals surface area contributed by atoms with Crippen LogP contribution in [0.5, 0.6) is 0 Å². The second-order valence-electron chi connectivity index (χ2n) is 11.4. The summed E-state index contributed by atoms with van der Waals surface area (Å²) in [6.07, 6.45) is 7.27. The van der Waals surface area contributed by atoms with Crippen molar-refractivity contribution in [3.05, 3.63) is 78.0 Å². The molecule has 1 nitrogen and oxygen atoms in total. The van der Waals surface area contributed by atoms with E-state index in [1.54, 1.807) is 0 Å². The molecule has 0 atom stereocenters. The van der Waals surface area contributed by atoms with Crippen LogP contribution in [0.3, 0.4) is 0 Å². The molecule has 0 bridgehead atoms. The molecule has 3 rings (SSSR count). The predicted octanol–water partition coefficient (Wildman–Crippen LogP) is 9.13. The van der Waals surface area contributed by atoms with Crippen molar-refractivity contribution in [2.75, 3.05) is 0 Å². The molecule has 0 aliphatic rings. The zero-order chi connectivity index (χ0) is 23.7. The van der Waals surface area contributed by atoms with Gasteiger partial charge >= 0.3 is 0 Å². The number of hydrogen-bond donors (Lipinski definition) is 0. The highest BCUT2D eigenvalue weighted by Crippen LogP contribution is 2.39. The van der Waals surface area contributed by atoms with Crippen molar-refractivity contribution in [1.29, 1.82) is 0 Å². The molecule has 0 aliphatic heterocycles. The van der Waals surface area contributed by atoms with Crippen LogP contribution in [0.25, 0.3) is 22.0 Å². The first-order valence-corrected chi connectivity index (χ1v) is 12.1. The molecule has 3 aromatic rings. The van der Waals surface area contributed by atoms with Gasteiger partial charge in [0.25, 0.3) is 0 Å². The van der Waals surface area contributed by atoms with Crippen LogP contribution in [0.1, 0.15) is 91.3 Å². The van der Waals surface area contributed by atoms with Gasteiger partial charge in [-0.15, -0.1) is 6.58 Å². The highest BCUT2D eigenvalue weighted by Gasteiger charge is 2.27. The van der Waals surface area contributed by atoms with Crippen LogP contribution in [-0.2, 0) is 16.2 Å². The van der Waals surface area contributed by atoms with E-state index in [9.17, 15) is 0 Å². The highest BCUT2D eigenvalue weighted by atomic mass is 14.7. The molecule has 0 radical (unpaired) electrons. The average Bonchev–Trinajstić information content (AvgIpc) is 2.75. The second kappa shape index (κ2) is 8.85. The Labute approximate surface area is 196 Å². The summed E-state index contributed by atoms with van der Waals surface area (Å²) in [4.78, 5) is 4.88. The third-order valence-electron chi connectivity index (χ3n) is 7.20. The monoisotopic (exact) mass is 427 g/mol. The average molecular weight is 428 g/mol. The maximum Gasteiger partial charge on any atom is 0.0780 e. The van der Waals surface area contributed by atoms with Gasteiger partial charge in [0.2, 0.25) is 0 Å². The number of benzene rings is 2. The van der Waals surface area contributed by atoms with Gasteiger partial charge in [0.05, 0.1) is 5.69 Å². The van der Waals surface area contributed by atoms with Crippen molar-refractivity contribution in [3.8, 4) is 11.3 Å². The van der Waals surface area contributed by atoms with Crippen LogP contribution in [0.4, 0.5) is 0 Å². The lowest BCUT2D eigenvalue weighted by atomic mass is 9.73. The number of hydrogen-bond acceptors (Lipinski definition) is 1. The summed E-state index contributed by atoms with van der Waals surface area (Å²) < 4.78 is 0. The molecule has 32 heavy (non-hydrogen) atoms. The van der Waals surface area contributed by atoms with Gasteiger partial charge in [-0.05, 0) is 75.8 Å². The lowest BCUT2D eigenvalue weighted by Crippen LogP contribution is -2.23.